The molecule has 0 radical (unpaired) electrons. The van der Waals surface area contributed by atoms with Crippen LogP contribution < -0.4 is 10.1 Å². The van der Waals surface area contributed by atoms with Crippen LogP contribution in [-0.2, 0) is 16.1 Å². The molecule has 0 saturated heterocycles. The summed E-state index contributed by atoms with van der Waals surface area (Å²) in [4.78, 5) is 43.6. The van der Waals surface area contributed by atoms with E-state index in [1.807, 2.05) is 26.0 Å². The lowest BCUT2D eigenvalue weighted by atomic mass is 10.0. The first-order chi connectivity index (χ1) is 18.0. The first-order valence-electron chi connectivity index (χ1n) is 11.6. The van der Waals surface area contributed by atoms with E-state index < -0.39 is 30.0 Å². The van der Waals surface area contributed by atoms with Crippen LogP contribution in [0.1, 0.15) is 40.1 Å². The number of nitrogens with zero attached hydrogens (tertiary/aromatic N) is 2. The van der Waals surface area contributed by atoms with Gasteiger partial charge in [0.1, 0.15) is 17.6 Å². The SMILES string of the molecule is COC(=O)C(C(C)C)N1Cc2ccc(-c3ccc(NC(=O)c4ccc(OC(F)(F)F)cc4)nc3)cc2C1=O. The molecule has 2 aromatic carbocycles. The molecule has 11 heteroatoms. The summed E-state index contributed by atoms with van der Waals surface area (Å²) >= 11 is 0. The molecule has 1 aromatic heterocycles. The fraction of sp³-hybridized carbons (Fsp3) is 0.259. The zero-order chi connectivity index (χ0) is 27.6. The Labute approximate surface area is 216 Å². The Kier molecular flexibility index (Phi) is 7.38. The minimum atomic E-state index is -4.82. The molecule has 1 aliphatic heterocycles. The number of carbonyl (C=O) groups excluding carboxylic acids is 3. The van der Waals surface area contributed by atoms with Crippen molar-refractivity contribution in [1.82, 2.24) is 9.88 Å². The maximum absolute atomic E-state index is 13.1. The van der Waals surface area contributed by atoms with Crippen LogP contribution in [0.15, 0.2) is 60.8 Å². The van der Waals surface area contributed by atoms with Crippen molar-refractivity contribution < 1.29 is 37.0 Å². The summed E-state index contributed by atoms with van der Waals surface area (Å²) in [6.07, 6.45) is -3.29. The van der Waals surface area contributed by atoms with Crippen molar-refractivity contribution >= 4 is 23.6 Å². The molecule has 0 saturated carbocycles. The molecular formula is C27H24F3N3O5. The number of amides is 2. The molecule has 38 heavy (non-hydrogen) atoms. The number of hydrogen-bond acceptors (Lipinski definition) is 6. The number of halogens is 3. The van der Waals surface area contributed by atoms with E-state index in [9.17, 15) is 27.6 Å². The number of aromatic nitrogens is 1. The van der Waals surface area contributed by atoms with Crippen molar-refractivity contribution in [2.45, 2.75) is 32.8 Å². The van der Waals surface area contributed by atoms with Gasteiger partial charge < -0.3 is 19.7 Å². The summed E-state index contributed by atoms with van der Waals surface area (Å²) < 4.78 is 45.6. The first kappa shape index (κ1) is 26.6. The van der Waals surface area contributed by atoms with Crippen molar-refractivity contribution in [3.63, 3.8) is 0 Å². The van der Waals surface area contributed by atoms with Crippen molar-refractivity contribution in [3.8, 4) is 16.9 Å². The normalized spacial score (nSPS) is 13.8. The lowest BCUT2D eigenvalue weighted by Crippen LogP contribution is -2.45. The summed E-state index contributed by atoms with van der Waals surface area (Å²) in [7, 11) is 1.30. The lowest BCUT2D eigenvalue weighted by Gasteiger charge is -2.28. The van der Waals surface area contributed by atoms with Gasteiger partial charge in [0.25, 0.3) is 11.8 Å². The molecular weight excluding hydrogens is 503 g/mol. The molecule has 0 fully saturated rings. The highest BCUT2D eigenvalue weighted by Crippen LogP contribution is 2.31. The average molecular weight is 527 g/mol. The van der Waals surface area contributed by atoms with Crippen LogP contribution in [0, 0.1) is 5.92 Å². The van der Waals surface area contributed by atoms with Gasteiger partial charge in [-0.3, -0.25) is 9.59 Å². The van der Waals surface area contributed by atoms with Gasteiger partial charge >= 0.3 is 12.3 Å². The van der Waals surface area contributed by atoms with Crippen LogP contribution >= 0.6 is 0 Å². The van der Waals surface area contributed by atoms with Crippen LogP contribution in [0.4, 0.5) is 19.0 Å². The Balaban J connectivity index is 1.46. The molecule has 1 atom stereocenters. The zero-order valence-electron chi connectivity index (χ0n) is 20.7. The van der Waals surface area contributed by atoms with Gasteiger partial charge in [0, 0.05) is 29.4 Å². The van der Waals surface area contributed by atoms with Gasteiger partial charge in [0.05, 0.1) is 7.11 Å². The molecule has 1 aliphatic rings. The van der Waals surface area contributed by atoms with Gasteiger partial charge in [-0.2, -0.15) is 0 Å². The number of nitrogens with one attached hydrogen (secondary N) is 1. The van der Waals surface area contributed by atoms with E-state index in [1.165, 1.54) is 30.3 Å². The number of fused-ring (bicyclic) bond motifs is 1. The number of alkyl halides is 3. The summed E-state index contributed by atoms with van der Waals surface area (Å²) in [5.74, 6) is -1.60. The maximum atomic E-state index is 13.1. The minimum Gasteiger partial charge on any atom is -0.467 e. The van der Waals surface area contributed by atoms with Crippen LogP contribution in [0.3, 0.4) is 0 Å². The second-order valence-electron chi connectivity index (χ2n) is 8.98. The smallest absolute Gasteiger partial charge is 0.467 e. The van der Waals surface area contributed by atoms with Crippen LogP contribution in [0.2, 0.25) is 0 Å². The zero-order valence-corrected chi connectivity index (χ0v) is 20.7. The van der Waals surface area contributed by atoms with Crippen molar-refractivity contribution in [1.29, 1.82) is 0 Å². The predicted octanol–water partition coefficient (Wildman–Crippen LogP) is 5.05. The molecule has 0 aliphatic carbocycles. The van der Waals surface area contributed by atoms with E-state index in [0.29, 0.717) is 17.7 Å². The van der Waals surface area contributed by atoms with Gasteiger partial charge in [0.2, 0.25) is 0 Å². The number of methoxy groups -OCH3 is 1. The summed E-state index contributed by atoms with van der Waals surface area (Å²) in [6, 6.07) is 12.5. The molecule has 3 aromatic rings. The summed E-state index contributed by atoms with van der Waals surface area (Å²) in [5, 5.41) is 2.58. The molecule has 198 valence electrons. The molecule has 0 bridgehead atoms. The minimum absolute atomic E-state index is 0.124. The third-order valence-corrected chi connectivity index (χ3v) is 6.04. The van der Waals surface area contributed by atoms with E-state index >= 15 is 0 Å². The van der Waals surface area contributed by atoms with E-state index in [1.54, 1.807) is 18.2 Å². The van der Waals surface area contributed by atoms with Crippen molar-refractivity contribution in [3.05, 3.63) is 77.5 Å². The lowest BCUT2D eigenvalue weighted by molar-refractivity contribution is -0.274. The third-order valence-electron chi connectivity index (χ3n) is 6.04. The highest BCUT2D eigenvalue weighted by atomic mass is 19.4. The highest BCUT2D eigenvalue weighted by molar-refractivity contribution is 6.04. The van der Waals surface area contributed by atoms with Gasteiger partial charge in [-0.25, -0.2) is 9.78 Å². The third kappa shape index (κ3) is 5.77. The largest absolute Gasteiger partial charge is 0.573 e. The second kappa shape index (κ2) is 10.5. The van der Waals surface area contributed by atoms with Gasteiger partial charge in [-0.1, -0.05) is 26.0 Å². The number of pyridine rings is 1. The Morgan fingerprint density at radius 3 is 2.29 bits per heavy atom. The van der Waals surface area contributed by atoms with Crippen molar-refractivity contribution in [2.24, 2.45) is 5.92 Å². The molecule has 0 spiro atoms. The topological polar surface area (TPSA) is 97.8 Å². The number of ether oxygens (including phenoxy) is 2. The van der Waals surface area contributed by atoms with Crippen molar-refractivity contribution in [2.75, 3.05) is 12.4 Å². The number of anilines is 1. The average Bonchev–Trinajstić information content (AvgIpc) is 3.19. The van der Waals surface area contributed by atoms with E-state index in [0.717, 1.165) is 23.3 Å². The van der Waals surface area contributed by atoms with E-state index in [-0.39, 0.29) is 23.2 Å². The Hall–Kier alpha value is -4.41. The van der Waals surface area contributed by atoms with Gasteiger partial charge in [0.15, 0.2) is 0 Å². The molecule has 2 amide bonds. The van der Waals surface area contributed by atoms with E-state index in [4.69, 9.17) is 4.74 Å². The summed E-state index contributed by atoms with van der Waals surface area (Å²) in [6.45, 7) is 4.01. The van der Waals surface area contributed by atoms with Crippen LogP contribution in [0.5, 0.6) is 5.75 Å². The highest BCUT2D eigenvalue weighted by Gasteiger charge is 2.38. The summed E-state index contributed by atoms with van der Waals surface area (Å²) in [5.41, 5.74) is 2.84. The Bertz CT molecular complexity index is 1360. The van der Waals surface area contributed by atoms with Crippen LogP contribution in [-0.4, -0.2) is 47.2 Å². The molecule has 4 rings (SSSR count). The Morgan fingerprint density at radius 1 is 1.03 bits per heavy atom. The number of benzene rings is 2. The quantitative estimate of drug-likeness (QED) is 0.432. The number of hydrogen-bond donors (Lipinski definition) is 1. The first-order valence-corrected chi connectivity index (χ1v) is 11.6. The van der Waals surface area contributed by atoms with Gasteiger partial charge in [-0.05, 0) is 59.5 Å². The molecule has 1 N–H and O–H groups in total. The molecule has 1 unspecified atom stereocenters. The number of esters is 1. The Morgan fingerprint density at radius 2 is 1.71 bits per heavy atom. The number of rotatable bonds is 7. The fourth-order valence-electron chi connectivity index (χ4n) is 4.24. The molecule has 8 nitrogen and oxygen atoms in total. The van der Waals surface area contributed by atoms with E-state index in [2.05, 4.69) is 15.0 Å². The predicted molar refractivity (Wildman–Crippen MR) is 131 cm³/mol. The molecule has 2 heterocycles. The monoisotopic (exact) mass is 527 g/mol. The maximum Gasteiger partial charge on any atom is 0.573 e. The van der Waals surface area contributed by atoms with Crippen LogP contribution in [0.25, 0.3) is 11.1 Å². The van der Waals surface area contributed by atoms with Gasteiger partial charge in [-0.15, -0.1) is 13.2 Å². The number of carbonyl (C=O) groups is 3. The standard InChI is InChI=1S/C27H24F3N3O5/c1-15(2)23(26(36)37-3)33-14-19-5-4-17(12-21(19)25(33)35)18-8-11-22(31-13-18)32-24(34)16-6-9-20(10-7-16)38-27(28,29)30/h4-13,15,23H,14H2,1-3H3,(H,31,32,34). The second-order valence-corrected chi connectivity index (χ2v) is 8.98. The fourth-order valence-corrected chi connectivity index (χ4v) is 4.24.